The first-order chi connectivity index (χ1) is 6.15. The summed E-state index contributed by atoms with van der Waals surface area (Å²) in [6.45, 7) is 7.07. The van der Waals surface area contributed by atoms with Crippen molar-refractivity contribution >= 4 is 0 Å². The molecule has 1 aromatic rings. The van der Waals surface area contributed by atoms with E-state index in [1.165, 1.54) is 5.56 Å². The lowest BCUT2D eigenvalue weighted by molar-refractivity contribution is 0.739. The van der Waals surface area contributed by atoms with E-state index in [0.29, 0.717) is 5.92 Å². The van der Waals surface area contributed by atoms with E-state index in [4.69, 9.17) is 0 Å². The lowest BCUT2D eigenvalue weighted by Crippen LogP contribution is -2.10. The van der Waals surface area contributed by atoms with Gasteiger partial charge in [-0.2, -0.15) is 0 Å². The van der Waals surface area contributed by atoms with Gasteiger partial charge in [0.25, 0.3) is 0 Å². The van der Waals surface area contributed by atoms with Gasteiger partial charge >= 0.3 is 0 Å². The Hall–Kier alpha value is -0.960. The predicted octanol–water partition coefficient (Wildman–Crippen LogP) is 1.63. The molecule has 0 aliphatic carbocycles. The molecule has 1 heterocycles. The van der Waals surface area contributed by atoms with Crippen LogP contribution < -0.4 is 5.32 Å². The second kappa shape index (κ2) is 4.33. The van der Waals surface area contributed by atoms with E-state index in [1.807, 2.05) is 20.2 Å². The first kappa shape index (κ1) is 10.1. The standard InChI is InChI=1S/C10H17N3/c1-7(2)10-12-6-9(5-11-4)8(3)13-10/h6-7,11H,5H2,1-4H3. The van der Waals surface area contributed by atoms with Gasteiger partial charge < -0.3 is 5.32 Å². The van der Waals surface area contributed by atoms with Gasteiger partial charge in [0.05, 0.1) is 0 Å². The Kier molecular flexibility index (Phi) is 3.37. The Bertz CT molecular complexity index is 281. The summed E-state index contributed by atoms with van der Waals surface area (Å²) in [5, 5.41) is 3.09. The number of aromatic nitrogens is 2. The zero-order valence-electron chi connectivity index (χ0n) is 8.76. The molecule has 0 saturated carbocycles. The van der Waals surface area contributed by atoms with Gasteiger partial charge in [-0.1, -0.05) is 13.8 Å². The van der Waals surface area contributed by atoms with Gasteiger partial charge in [-0.05, 0) is 14.0 Å². The smallest absolute Gasteiger partial charge is 0.131 e. The highest BCUT2D eigenvalue weighted by Crippen LogP contribution is 2.10. The van der Waals surface area contributed by atoms with Crippen molar-refractivity contribution in [1.82, 2.24) is 15.3 Å². The molecule has 0 aliphatic rings. The average molecular weight is 179 g/mol. The summed E-state index contributed by atoms with van der Waals surface area (Å²) in [6.07, 6.45) is 1.91. The predicted molar refractivity (Wildman–Crippen MR) is 53.6 cm³/mol. The summed E-state index contributed by atoms with van der Waals surface area (Å²) in [5.74, 6) is 1.33. The molecule has 0 spiro atoms. The van der Waals surface area contributed by atoms with Crippen molar-refractivity contribution < 1.29 is 0 Å². The molecular formula is C10H17N3. The number of rotatable bonds is 3. The summed E-state index contributed by atoms with van der Waals surface area (Å²) < 4.78 is 0. The number of hydrogen-bond donors (Lipinski definition) is 1. The maximum absolute atomic E-state index is 4.44. The molecule has 72 valence electrons. The number of nitrogens with zero attached hydrogens (tertiary/aromatic N) is 2. The Morgan fingerprint density at radius 2 is 2.15 bits per heavy atom. The van der Waals surface area contributed by atoms with Crippen molar-refractivity contribution in [3.8, 4) is 0 Å². The Morgan fingerprint density at radius 1 is 1.46 bits per heavy atom. The van der Waals surface area contributed by atoms with Gasteiger partial charge in [0.2, 0.25) is 0 Å². The lowest BCUT2D eigenvalue weighted by atomic mass is 10.2. The summed E-state index contributed by atoms with van der Waals surface area (Å²) >= 11 is 0. The molecule has 1 N–H and O–H groups in total. The van der Waals surface area contributed by atoms with Crippen LogP contribution in [-0.2, 0) is 6.54 Å². The van der Waals surface area contributed by atoms with Crippen LogP contribution in [0.4, 0.5) is 0 Å². The van der Waals surface area contributed by atoms with Crippen LogP contribution in [0.5, 0.6) is 0 Å². The third kappa shape index (κ3) is 2.49. The molecule has 0 atom stereocenters. The summed E-state index contributed by atoms with van der Waals surface area (Å²) in [4.78, 5) is 8.75. The molecule has 0 aliphatic heterocycles. The first-order valence-electron chi connectivity index (χ1n) is 4.62. The van der Waals surface area contributed by atoms with E-state index < -0.39 is 0 Å². The number of aryl methyl sites for hydroxylation is 1. The lowest BCUT2D eigenvalue weighted by Gasteiger charge is -2.07. The van der Waals surface area contributed by atoms with E-state index in [0.717, 1.165) is 18.1 Å². The van der Waals surface area contributed by atoms with Gasteiger partial charge in [-0.3, -0.25) is 0 Å². The zero-order valence-corrected chi connectivity index (χ0v) is 8.76. The highest BCUT2D eigenvalue weighted by Gasteiger charge is 2.05. The molecule has 3 heteroatoms. The summed E-state index contributed by atoms with van der Waals surface area (Å²) in [6, 6.07) is 0. The molecule has 0 fully saturated rings. The second-order valence-electron chi connectivity index (χ2n) is 3.52. The van der Waals surface area contributed by atoms with Gasteiger partial charge in [-0.15, -0.1) is 0 Å². The summed E-state index contributed by atoms with van der Waals surface area (Å²) in [5.41, 5.74) is 2.25. The summed E-state index contributed by atoms with van der Waals surface area (Å²) in [7, 11) is 1.93. The quantitative estimate of drug-likeness (QED) is 0.766. The van der Waals surface area contributed by atoms with Crippen molar-refractivity contribution in [2.75, 3.05) is 7.05 Å². The van der Waals surface area contributed by atoms with Crippen molar-refractivity contribution in [3.05, 3.63) is 23.3 Å². The third-order valence-corrected chi connectivity index (χ3v) is 1.98. The van der Waals surface area contributed by atoms with Gasteiger partial charge in [0, 0.05) is 29.9 Å². The van der Waals surface area contributed by atoms with E-state index in [2.05, 4.69) is 29.1 Å². The first-order valence-corrected chi connectivity index (χ1v) is 4.62. The molecule has 0 bridgehead atoms. The fourth-order valence-corrected chi connectivity index (χ4v) is 1.15. The van der Waals surface area contributed by atoms with Crippen molar-refractivity contribution in [2.45, 2.75) is 33.2 Å². The van der Waals surface area contributed by atoms with Crippen molar-refractivity contribution in [2.24, 2.45) is 0 Å². The molecule has 1 rings (SSSR count). The molecule has 1 aromatic heterocycles. The SMILES string of the molecule is CNCc1cnc(C(C)C)nc1C. The van der Waals surface area contributed by atoms with E-state index >= 15 is 0 Å². The van der Waals surface area contributed by atoms with Crippen molar-refractivity contribution in [3.63, 3.8) is 0 Å². The Morgan fingerprint density at radius 3 is 2.62 bits per heavy atom. The Labute approximate surface area is 79.6 Å². The van der Waals surface area contributed by atoms with Gasteiger partial charge in [-0.25, -0.2) is 9.97 Å². The molecule has 0 aromatic carbocycles. The number of nitrogens with one attached hydrogen (secondary N) is 1. The molecule has 0 saturated heterocycles. The number of hydrogen-bond acceptors (Lipinski definition) is 3. The second-order valence-corrected chi connectivity index (χ2v) is 3.52. The topological polar surface area (TPSA) is 37.8 Å². The van der Waals surface area contributed by atoms with E-state index in [1.54, 1.807) is 0 Å². The van der Waals surface area contributed by atoms with Crippen LogP contribution in [0.1, 0.15) is 36.8 Å². The molecular weight excluding hydrogens is 162 g/mol. The molecule has 0 amide bonds. The molecule has 0 unspecified atom stereocenters. The third-order valence-electron chi connectivity index (χ3n) is 1.98. The average Bonchev–Trinajstić information content (AvgIpc) is 2.08. The van der Waals surface area contributed by atoms with Crippen LogP contribution in [-0.4, -0.2) is 17.0 Å². The van der Waals surface area contributed by atoms with Crippen LogP contribution in [0.3, 0.4) is 0 Å². The minimum absolute atomic E-state index is 0.405. The fraction of sp³-hybridized carbons (Fsp3) is 0.600. The van der Waals surface area contributed by atoms with Gasteiger partial charge in [0.1, 0.15) is 5.82 Å². The molecule has 13 heavy (non-hydrogen) atoms. The van der Waals surface area contributed by atoms with Crippen LogP contribution in [0.25, 0.3) is 0 Å². The Balaban J connectivity index is 2.92. The minimum Gasteiger partial charge on any atom is -0.316 e. The van der Waals surface area contributed by atoms with Crippen LogP contribution in [0, 0.1) is 6.92 Å². The maximum Gasteiger partial charge on any atom is 0.131 e. The van der Waals surface area contributed by atoms with Crippen LogP contribution in [0.2, 0.25) is 0 Å². The van der Waals surface area contributed by atoms with E-state index in [9.17, 15) is 0 Å². The molecule has 3 nitrogen and oxygen atoms in total. The maximum atomic E-state index is 4.44. The zero-order chi connectivity index (χ0) is 9.84. The van der Waals surface area contributed by atoms with Crippen LogP contribution in [0.15, 0.2) is 6.20 Å². The normalized spacial score (nSPS) is 10.8. The largest absolute Gasteiger partial charge is 0.316 e. The molecule has 0 radical (unpaired) electrons. The minimum atomic E-state index is 0.405. The van der Waals surface area contributed by atoms with E-state index in [-0.39, 0.29) is 0 Å². The van der Waals surface area contributed by atoms with Gasteiger partial charge in [0.15, 0.2) is 0 Å². The monoisotopic (exact) mass is 179 g/mol. The fourth-order valence-electron chi connectivity index (χ4n) is 1.15. The van der Waals surface area contributed by atoms with Crippen LogP contribution >= 0.6 is 0 Å². The highest BCUT2D eigenvalue weighted by atomic mass is 14.9. The van der Waals surface area contributed by atoms with Crippen molar-refractivity contribution in [1.29, 1.82) is 0 Å². The highest BCUT2D eigenvalue weighted by molar-refractivity contribution is 5.16.